The van der Waals surface area contributed by atoms with E-state index in [0.717, 1.165) is 11.1 Å². The van der Waals surface area contributed by atoms with Crippen LogP contribution < -0.4 is 16.0 Å². The van der Waals surface area contributed by atoms with Crippen LogP contribution >= 0.6 is 0 Å². The maximum absolute atomic E-state index is 12.4. The Hall–Kier alpha value is -4.66. The molecule has 0 spiro atoms. The SMILES string of the molecule is O=C(CCNC(=O)OCc1ccccc1)Nc1cccc(C(=O)NCCC(=O)OCc2ccccc2)c1. The third-order valence-electron chi connectivity index (χ3n) is 5.10. The van der Waals surface area contributed by atoms with Gasteiger partial charge in [-0.15, -0.1) is 0 Å². The minimum Gasteiger partial charge on any atom is -0.461 e. The first-order valence-corrected chi connectivity index (χ1v) is 11.8. The van der Waals surface area contributed by atoms with Gasteiger partial charge in [0.15, 0.2) is 0 Å². The number of amides is 3. The fourth-order valence-electron chi connectivity index (χ4n) is 3.20. The Morgan fingerprint density at radius 1 is 0.649 bits per heavy atom. The molecule has 0 radical (unpaired) electrons. The van der Waals surface area contributed by atoms with Gasteiger partial charge in [-0.1, -0.05) is 66.7 Å². The summed E-state index contributed by atoms with van der Waals surface area (Å²) in [6.07, 6.45) is -0.545. The lowest BCUT2D eigenvalue weighted by atomic mass is 10.2. The maximum atomic E-state index is 12.4. The Labute approximate surface area is 215 Å². The van der Waals surface area contributed by atoms with E-state index in [2.05, 4.69) is 16.0 Å². The number of alkyl carbamates (subject to hydrolysis) is 1. The largest absolute Gasteiger partial charge is 0.461 e. The molecule has 0 unspecified atom stereocenters. The van der Waals surface area contributed by atoms with E-state index in [9.17, 15) is 19.2 Å². The molecule has 3 N–H and O–H groups in total. The average Bonchev–Trinajstić information content (AvgIpc) is 2.92. The van der Waals surface area contributed by atoms with Crippen LogP contribution in [-0.4, -0.2) is 37.0 Å². The van der Waals surface area contributed by atoms with Gasteiger partial charge in [0, 0.05) is 30.8 Å². The minimum absolute atomic E-state index is 0.0297. The Balaban J connectivity index is 1.33. The first-order valence-electron chi connectivity index (χ1n) is 11.8. The highest BCUT2D eigenvalue weighted by molar-refractivity contribution is 5.97. The summed E-state index contributed by atoms with van der Waals surface area (Å²) >= 11 is 0. The molecule has 0 aliphatic rings. The summed E-state index contributed by atoms with van der Waals surface area (Å²) in [5, 5.41) is 7.88. The molecule has 3 aromatic carbocycles. The number of ether oxygens (including phenoxy) is 2. The monoisotopic (exact) mass is 503 g/mol. The number of rotatable bonds is 12. The normalized spacial score (nSPS) is 10.2. The summed E-state index contributed by atoms with van der Waals surface area (Å²) in [6, 6.07) is 25.0. The van der Waals surface area contributed by atoms with Crippen molar-refractivity contribution >= 4 is 29.6 Å². The van der Waals surface area contributed by atoms with Gasteiger partial charge in [-0.2, -0.15) is 0 Å². The fourth-order valence-corrected chi connectivity index (χ4v) is 3.20. The topological polar surface area (TPSA) is 123 Å². The molecule has 9 nitrogen and oxygen atoms in total. The fraction of sp³-hybridized carbons (Fsp3) is 0.214. The van der Waals surface area contributed by atoms with E-state index in [4.69, 9.17) is 9.47 Å². The Bertz CT molecular complexity index is 1180. The predicted molar refractivity (Wildman–Crippen MR) is 138 cm³/mol. The second-order valence-corrected chi connectivity index (χ2v) is 8.02. The van der Waals surface area contributed by atoms with Gasteiger partial charge in [0.05, 0.1) is 6.42 Å². The van der Waals surface area contributed by atoms with Crippen molar-refractivity contribution in [3.05, 3.63) is 102 Å². The van der Waals surface area contributed by atoms with Crippen LogP contribution in [0.2, 0.25) is 0 Å². The van der Waals surface area contributed by atoms with E-state index >= 15 is 0 Å². The number of carbonyl (C=O) groups is 4. The number of hydrogen-bond acceptors (Lipinski definition) is 6. The van der Waals surface area contributed by atoms with E-state index < -0.39 is 12.1 Å². The molecule has 0 aromatic heterocycles. The molecular weight excluding hydrogens is 474 g/mol. The zero-order valence-corrected chi connectivity index (χ0v) is 20.3. The molecule has 0 aliphatic heterocycles. The first kappa shape index (κ1) is 26.9. The lowest BCUT2D eigenvalue weighted by molar-refractivity contribution is -0.144. The highest BCUT2D eigenvalue weighted by atomic mass is 16.5. The van der Waals surface area contributed by atoms with Gasteiger partial charge < -0.3 is 25.4 Å². The number of carbonyl (C=O) groups excluding carboxylic acids is 4. The van der Waals surface area contributed by atoms with Crippen LogP contribution in [0.4, 0.5) is 10.5 Å². The standard InChI is InChI=1S/C28H29N3O6/c32-25(14-16-30-28(35)37-20-22-10-5-2-6-11-22)31-24-13-7-12-23(18-24)27(34)29-17-15-26(33)36-19-21-8-3-1-4-9-21/h1-13,18H,14-17,19-20H2,(H,29,34)(H,30,35)(H,31,32). The van der Waals surface area contributed by atoms with Gasteiger partial charge >= 0.3 is 12.1 Å². The molecule has 3 aromatic rings. The minimum atomic E-state index is -0.612. The number of nitrogens with one attached hydrogen (secondary N) is 3. The van der Waals surface area contributed by atoms with E-state index in [1.54, 1.807) is 18.2 Å². The maximum Gasteiger partial charge on any atom is 0.407 e. The van der Waals surface area contributed by atoms with Crippen molar-refractivity contribution in [2.75, 3.05) is 18.4 Å². The van der Waals surface area contributed by atoms with Crippen molar-refractivity contribution in [1.82, 2.24) is 10.6 Å². The van der Waals surface area contributed by atoms with Gasteiger partial charge in [-0.3, -0.25) is 14.4 Å². The van der Waals surface area contributed by atoms with Crippen molar-refractivity contribution in [2.24, 2.45) is 0 Å². The molecule has 0 fully saturated rings. The Morgan fingerprint density at radius 3 is 1.95 bits per heavy atom. The van der Waals surface area contributed by atoms with Crippen LogP contribution in [-0.2, 0) is 32.3 Å². The summed E-state index contributed by atoms with van der Waals surface area (Å²) in [7, 11) is 0. The molecule has 0 saturated heterocycles. The average molecular weight is 504 g/mol. The van der Waals surface area contributed by atoms with Crippen molar-refractivity contribution in [3.8, 4) is 0 Å². The van der Waals surface area contributed by atoms with E-state index in [-0.39, 0.29) is 51.0 Å². The summed E-state index contributed by atoms with van der Waals surface area (Å²) in [5.74, 6) is -1.13. The van der Waals surface area contributed by atoms with Gasteiger partial charge in [-0.05, 0) is 29.3 Å². The van der Waals surface area contributed by atoms with Gasteiger partial charge in [-0.25, -0.2) is 4.79 Å². The van der Waals surface area contributed by atoms with Crippen molar-refractivity contribution in [2.45, 2.75) is 26.1 Å². The lowest BCUT2D eigenvalue weighted by Crippen LogP contribution is -2.28. The molecule has 0 aliphatic carbocycles. The number of hydrogen-bond donors (Lipinski definition) is 3. The molecule has 192 valence electrons. The highest BCUT2D eigenvalue weighted by Gasteiger charge is 2.10. The molecule has 0 saturated carbocycles. The van der Waals surface area contributed by atoms with Crippen LogP contribution in [0, 0.1) is 0 Å². The molecule has 3 amide bonds. The molecule has 37 heavy (non-hydrogen) atoms. The molecule has 0 bridgehead atoms. The van der Waals surface area contributed by atoms with Crippen LogP contribution in [0.25, 0.3) is 0 Å². The van der Waals surface area contributed by atoms with Gasteiger partial charge in [0.1, 0.15) is 13.2 Å². The van der Waals surface area contributed by atoms with E-state index in [1.165, 1.54) is 6.07 Å². The molecule has 3 rings (SSSR count). The number of benzene rings is 3. The highest BCUT2D eigenvalue weighted by Crippen LogP contribution is 2.11. The van der Waals surface area contributed by atoms with Crippen molar-refractivity contribution in [3.63, 3.8) is 0 Å². The second kappa shape index (κ2) is 14.7. The van der Waals surface area contributed by atoms with E-state index in [0.29, 0.717) is 11.3 Å². The van der Waals surface area contributed by atoms with Crippen LogP contribution in [0.3, 0.4) is 0 Å². The van der Waals surface area contributed by atoms with Gasteiger partial charge in [0.2, 0.25) is 5.91 Å². The van der Waals surface area contributed by atoms with E-state index in [1.807, 2.05) is 60.7 Å². The third kappa shape index (κ3) is 10.2. The second-order valence-electron chi connectivity index (χ2n) is 8.02. The predicted octanol–water partition coefficient (Wildman–Crippen LogP) is 3.80. The number of esters is 1. The quantitative estimate of drug-likeness (QED) is 0.323. The first-order chi connectivity index (χ1) is 18.0. The molecule has 0 atom stereocenters. The van der Waals surface area contributed by atoms with Gasteiger partial charge in [0.25, 0.3) is 5.91 Å². The lowest BCUT2D eigenvalue weighted by Gasteiger charge is -2.09. The van der Waals surface area contributed by atoms with Crippen LogP contribution in [0.1, 0.15) is 34.3 Å². The molecule has 9 heteroatoms. The van der Waals surface area contributed by atoms with Crippen molar-refractivity contribution < 1.29 is 28.7 Å². The summed E-state index contributed by atoms with van der Waals surface area (Å²) in [6.45, 7) is 0.539. The summed E-state index contributed by atoms with van der Waals surface area (Å²) in [5.41, 5.74) is 2.52. The third-order valence-corrected chi connectivity index (χ3v) is 5.10. The summed E-state index contributed by atoms with van der Waals surface area (Å²) < 4.78 is 10.3. The molecular formula is C28H29N3O6. The zero-order chi connectivity index (χ0) is 26.3. The van der Waals surface area contributed by atoms with Crippen LogP contribution in [0.15, 0.2) is 84.9 Å². The summed E-state index contributed by atoms with van der Waals surface area (Å²) in [4.78, 5) is 48.3. The Kier molecular flexibility index (Phi) is 10.7. The smallest absolute Gasteiger partial charge is 0.407 e. The number of anilines is 1. The Morgan fingerprint density at radius 2 is 1.27 bits per heavy atom. The van der Waals surface area contributed by atoms with Crippen molar-refractivity contribution in [1.29, 1.82) is 0 Å². The van der Waals surface area contributed by atoms with Crippen LogP contribution in [0.5, 0.6) is 0 Å². The molecule has 0 heterocycles. The zero-order valence-electron chi connectivity index (χ0n) is 20.3.